The Labute approximate surface area is 174 Å². The summed E-state index contributed by atoms with van der Waals surface area (Å²) in [6, 6.07) is 5.17. The molecule has 162 valence electrons. The van der Waals surface area contributed by atoms with E-state index in [0.717, 1.165) is 4.31 Å². The first-order chi connectivity index (χ1) is 13.9. The second-order valence-corrected chi connectivity index (χ2v) is 9.17. The average Bonchev–Trinajstić information content (AvgIpc) is 2.65. The van der Waals surface area contributed by atoms with Gasteiger partial charge in [0, 0.05) is 19.8 Å². The number of anilines is 3. The van der Waals surface area contributed by atoms with Crippen LogP contribution in [0.4, 0.5) is 17.3 Å². The normalized spacial score (nSPS) is 12.6. The molecule has 0 aliphatic heterocycles. The van der Waals surface area contributed by atoms with Crippen LogP contribution in [-0.4, -0.2) is 54.6 Å². The fourth-order valence-electron chi connectivity index (χ4n) is 2.51. The summed E-state index contributed by atoms with van der Waals surface area (Å²) in [5, 5.41) is 5.78. The van der Waals surface area contributed by atoms with Crippen LogP contribution in [0.5, 0.6) is 0 Å². The molecule has 0 saturated heterocycles. The first-order valence-corrected chi connectivity index (χ1v) is 10.4. The number of sulfonamides is 1. The Bertz CT molecular complexity index is 1040. The molecule has 0 aliphatic carbocycles. The zero-order valence-corrected chi connectivity index (χ0v) is 17.9. The molecule has 0 saturated carbocycles. The van der Waals surface area contributed by atoms with Gasteiger partial charge in [-0.25, -0.2) is 22.7 Å². The summed E-state index contributed by atoms with van der Waals surface area (Å²) in [7, 11) is -0.703. The SMILES string of the molecule is CC(C)[C@@H](Nc1cnc(C(N)=O)c(Nc2ccc(S(=O)(=O)N(C)C)cc2)n1)C(N)=O. The van der Waals surface area contributed by atoms with Crippen LogP contribution in [-0.2, 0) is 14.8 Å². The summed E-state index contributed by atoms with van der Waals surface area (Å²) < 4.78 is 25.5. The molecule has 0 radical (unpaired) electrons. The molecule has 2 aromatic rings. The number of nitrogens with zero attached hydrogens (tertiary/aromatic N) is 3. The van der Waals surface area contributed by atoms with Crippen LogP contribution in [0.3, 0.4) is 0 Å². The predicted octanol–water partition coefficient (Wildman–Crippen LogP) is 0.491. The van der Waals surface area contributed by atoms with Gasteiger partial charge in [-0.05, 0) is 30.2 Å². The number of benzene rings is 1. The van der Waals surface area contributed by atoms with E-state index >= 15 is 0 Å². The van der Waals surface area contributed by atoms with E-state index in [-0.39, 0.29) is 28.1 Å². The zero-order valence-electron chi connectivity index (χ0n) is 17.1. The fourth-order valence-corrected chi connectivity index (χ4v) is 3.41. The quantitative estimate of drug-likeness (QED) is 0.440. The van der Waals surface area contributed by atoms with Crippen molar-refractivity contribution in [3.8, 4) is 0 Å². The topological polar surface area (TPSA) is 173 Å². The van der Waals surface area contributed by atoms with Gasteiger partial charge in [-0.2, -0.15) is 0 Å². The van der Waals surface area contributed by atoms with Crippen molar-refractivity contribution >= 4 is 39.2 Å². The van der Waals surface area contributed by atoms with Crippen LogP contribution in [0.2, 0.25) is 0 Å². The molecule has 1 heterocycles. The number of nitrogens with one attached hydrogen (secondary N) is 2. The maximum Gasteiger partial charge on any atom is 0.271 e. The molecule has 0 bridgehead atoms. The smallest absolute Gasteiger partial charge is 0.271 e. The first-order valence-electron chi connectivity index (χ1n) is 8.95. The van der Waals surface area contributed by atoms with E-state index in [1.807, 2.05) is 13.8 Å². The van der Waals surface area contributed by atoms with E-state index in [1.165, 1.54) is 44.6 Å². The van der Waals surface area contributed by atoms with E-state index in [4.69, 9.17) is 11.5 Å². The van der Waals surface area contributed by atoms with Crippen LogP contribution < -0.4 is 22.1 Å². The lowest BCUT2D eigenvalue weighted by atomic mass is 10.0. The number of carbonyl (C=O) groups is 2. The minimum Gasteiger partial charge on any atom is -0.368 e. The number of primary amides is 2. The van der Waals surface area contributed by atoms with Crippen LogP contribution in [0.1, 0.15) is 24.3 Å². The number of nitrogens with two attached hydrogens (primary N) is 2. The molecule has 1 atom stereocenters. The first kappa shape index (κ1) is 23.0. The Balaban J connectivity index is 2.35. The molecular weight excluding hydrogens is 410 g/mol. The van der Waals surface area contributed by atoms with E-state index in [2.05, 4.69) is 20.6 Å². The van der Waals surface area contributed by atoms with E-state index in [9.17, 15) is 18.0 Å². The van der Waals surface area contributed by atoms with Gasteiger partial charge in [0.05, 0.1) is 11.1 Å². The second-order valence-electron chi connectivity index (χ2n) is 7.02. The number of rotatable bonds is 9. The highest BCUT2D eigenvalue weighted by atomic mass is 32.2. The minimum atomic E-state index is -3.57. The van der Waals surface area contributed by atoms with Gasteiger partial charge in [0.25, 0.3) is 5.91 Å². The lowest BCUT2D eigenvalue weighted by Crippen LogP contribution is -2.39. The summed E-state index contributed by atoms with van der Waals surface area (Å²) in [6.07, 6.45) is 1.27. The third-order valence-corrected chi connectivity index (χ3v) is 6.01. The molecule has 2 amide bonds. The number of amides is 2. The molecule has 0 unspecified atom stereocenters. The monoisotopic (exact) mass is 435 g/mol. The molecular formula is C18H25N7O4S. The van der Waals surface area contributed by atoms with Crippen LogP contribution in [0.25, 0.3) is 0 Å². The summed E-state index contributed by atoms with van der Waals surface area (Å²) in [4.78, 5) is 31.7. The molecule has 0 aliphatic rings. The molecule has 0 spiro atoms. The molecule has 11 nitrogen and oxygen atoms in total. The number of carbonyl (C=O) groups excluding carboxylic acids is 2. The van der Waals surface area contributed by atoms with Crippen LogP contribution >= 0.6 is 0 Å². The Morgan fingerprint density at radius 2 is 1.70 bits per heavy atom. The largest absolute Gasteiger partial charge is 0.368 e. The number of hydrogen-bond donors (Lipinski definition) is 4. The van der Waals surface area contributed by atoms with Gasteiger partial charge in [0.15, 0.2) is 11.5 Å². The van der Waals surface area contributed by atoms with Gasteiger partial charge >= 0.3 is 0 Å². The third kappa shape index (κ3) is 5.21. The van der Waals surface area contributed by atoms with Gasteiger partial charge < -0.3 is 22.1 Å². The Morgan fingerprint density at radius 3 is 2.17 bits per heavy atom. The van der Waals surface area contributed by atoms with Crippen molar-refractivity contribution < 1.29 is 18.0 Å². The molecule has 30 heavy (non-hydrogen) atoms. The highest BCUT2D eigenvalue weighted by molar-refractivity contribution is 7.89. The molecule has 0 fully saturated rings. The summed E-state index contributed by atoms with van der Waals surface area (Å²) >= 11 is 0. The molecule has 1 aromatic carbocycles. The van der Waals surface area contributed by atoms with Gasteiger partial charge in [-0.3, -0.25) is 9.59 Å². The van der Waals surface area contributed by atoms with Crippen LogP contribution in [0.15, 0.2) is 35.4 Å². The summed E-state index contributed by atoms with van der Waals surface area (Å²) in [5.74, 6) is -1.21. The van der Waals surface area contributed by atoms with Gasteiger partial charge in [0.1, 0.15) is 11.9 Å². The fraction of sp³-hybridized carbons (Fsp3) is 0.333. The Hall–Kier alpha value is -3.25. The maximum absolute atomic E-state index is 12.2. The predicted molar refractivity (Wildman–Crippen MR) is 113 cm³/mol. The standard InChI is InChI=1S/C18H25N7O4S/c1-10(2)14(16(19)26)23-13-9-21-15(17(20)27)18(24-13)22-11-5-7-12(8-6-11)30(28,29)25(3)4/h5-10,14H,1-4H3,(H2,19,26)(H2,20,27)(H2,22,23,24)/t14-/m1/s1. The Kier molecular flexibility index (Phi) is 6.95. The van der Waals surface area contributed by atoms with Crippen molar-refractivity contribution in [3.63, 3.8) is 0 Å². The number of hydrogen-bond acceptors (Lipinski definition) is 8. The molecule has 1 aromatic heterocycles. The lowest BCUT2D eigenvalue weighted by molar-refractivity contribution is -0.119. The van der Waals surface area contributed by atoms with Crippen LogP contribution in [0, 0.1) is 5.92 Å². The maximum atomic E-state index is 12.2. The third-order valence-electron chi connectivity index (χ3n) is 4.18. The van der Waals surface area contributed by atoms with E-state index in [0.29, 0.717) is 5.69 Å². The molecule has 6 N–H and O–H groups in total. The van der Waals surface area contributed by atoms with Crippen molar-refractivity contribution in [2.24, 2.45) is 17.4 Å². The second kappa shape index (κ2) is 9.05. The summed E-state index contributed by atoms with van der Waals surface area (Å²) in [6.45, 7) is 3.63. The van der Waals surface area contributed by atoms with Crippen molar-refractivity contribution in [2.75, 3.05) is 24.7 Å². The van der Waals surface area contributed by atoms with Crippen molar-refractivity contribution in [3.05, 3.63) is 36.2 Å². The minimum absolute atomic E-state index is 0.0442. The van der Waals surface area contributed by atoms with Gasteiger partial charge in [-0.1, -0.05) is 13.8 Å². The van der Waals surface area contributed by atoms with Crippen molar-refractivity contribution in [2.45, 2.75) is 24.8 Å². The average molecular weight is 436 g/mol. The summed E-state index contributed by atoms with van der Waals surface area (Å²) in [5.41, 5.74) is 11.1. The lowest BCUT2D eigenvalue weighted by Gasteiger charge is -2.20. The highest BCUT2D eigenvalue weighted by Crippen LogP contribution is 2.22. The highest BCUT2D eigenvalue weighted by Gasteiger charge is 2.22. The van der Waals surface area contributed by atoms with Gasteiger partial charge in [-0.15, -0.1) is 0 Å². The van der Waals surface area contributed by atoms with E-state index in [1.54, 1.807) is 0 Å². The van der Waals surface area contributed by atoms with E-state index < -0.39 is 27.9 Å². The molecule has 12 heteroatoms. The van der Waals surface area contributed by atoms with Crippen molar-refractivity contribution in [1.82, 2.24) is 14.3 Å². The van der Waals surface area contributed by atoms with Gasteiger partial charge in [0.2, 0.25) is 15.9 Å². The number of aromatic nitrogens is 2. The Morgan fingerprint density at radius 1 is 1.10 bits per heavy atom. The van der Waals surface area contributed by atoms with Crippen molar-refractivity contribution in [1.29, 1.82) is 0 Å². The molecule has 2 rings (SSSR count). The zero-order chi connectivity index (χ0) is 22.6.